The Labute approximate surface area is 361 Å². The van der Waals surface area contributed by atoms with Crippen molar-refractivity contribution in [3.8, 4) is 51.1 Å². The molecule has 6 nitrogen and oxygen atoms in total. The zero-order valence-electron chi connectivity index (χ0n) is 38.3. The van der Waals surface area contributed by atoms with Gasteiger partial charge in [-0.25, -0.2) is 0 Å². The van der Waals surface area contributed by atoms with Gasteiger partial charge in [0.1, 0.15) is 11.4 Å². The number of benzene rings is 6. The number of fused-ring (bicyclic) bond motifs is 4. The summed E-state index contributed by atoms with van der Waals surface area (Å²) in [4.78, 5) is 9.13. The average molecular weight is 938 g/mol. The minimum absolute atomic E-state index is 0. The Morgan fingerprint density at radius 1 is 0.707 bits per heavy atom. The molecule has 287 valence electrons. The van der Waals surface area contributed by atoms with Crippen LogP contribution in [0.3, 0.4) is 0 Å². The summed E-state index contributed by atoms with van der Waals surface area (Å²) in [6, 6.07) is 44.7. The zero-order valence-corrected chi connectivity index (χ0v) is 34.7. The predicted molar refractivity (Wildman–Crippen MR) is 231 cm³/mol. The molecule has 0 spiro atoms. The summed E-state index contributed by atoms with van der Waals surface area (Å²) >= 11 is 0. The van der Waals surface area contributed by atoms with E-state index in [2.05, 4.69) is 104 Å². The molecule has 0 bridgehead atoms. The Balaban J connectivity index is 0.000000246. The van der Waals surface area contributed by atoms with Gasteiger partial charge in [-0.1, -0.05) is 118 Å². The number of pyridine rings is 1. The third kappa shape index (κ3) is 7.82. The average Bonchev–Trinajstić information content (AvgIpc) is 3.67. The van der Waals surface area contributed by atoms with Crippen LogP contribution in [0.25, 0.3) is 77.7 Å². The molecule has 0 aliphatic heterocycles. The molecule has 6 aromatic carbocycles. The fraction of sp³-hybridized carbons (Fsp3) is 0.157. The van der Waals surface area contributed by atoms with Crippen LogP contribution in [0.1, 0.15) is 75.6 Å². The molecule has 0 amide bonds. The molecule has 0 fully saturated rings. The predicted octanol–water partition coefficient (Wildman–Crippen LogP) is 13.0. The van der Waals surface area contributed by atoms with Crippen LogP contribution in [0.2, 0.25) is 0 Å². The van der Waals surface area contributed by atoms with E-state index in [0.29, 0.717) is 51.2 Å². The van der Waals surface area contributed by atoms with E-state index in [1.807, 2.05) is 42.5 Å². The number of aromatic nitrogens is 4. The Bertz CT molecular complexity index is 3090. The molecule has 0 aliphatic rings. The Kier molecular flexibility index (Phi) is 9.62. The number of nitriles is 1. The van der Waals surface area contributed by atoms with Crippen LogP contribution < -0.4 is 0 Å². The molecule has 58 heavy (non-hydrogen) atoms. The molecular formula is C51H41IrN5O-2. The zero-order chi connectivity index (χ0) is 44.6. The van der Waals surface area contributed by atoms with E-state index in [4.69, 9.17) is 17.6 Å². The quantitative estimate of drug-likeness (QED) is 0.154. The van der Waals surface area contributed by atoms with Crippen molar-refractivity contribution >= 4 is 32.7 Å². The summed E-state index contributed by atoms with van der Waals surface area (Å²) in [5.41, 5.74) is 10.1. The summed E-state index contributed by atoms with van der Waals surface area (Å²) in [5, 5.41) is 23.0. The Morgan fingerprint density at radius 2 is 1.47 bits per heavy atom. The van der Waals surface area contributed by atoms with Crippen LogP contribution >= 0.6 is 0 Å². The summed E-state index contributed by atoms with van der Waals surface area (Å²) in [6.07, 6.45) is 3.04. The third-order valence-corrected chi connectivity index (χ3v) is 10.0. The second-order valence-electron chi connectivity index (χ2n) is 14.4. The Morgan fingerprint density at radius 3 is 2.16 bits per heavy atom. The van der Waals surface area contributed by atoms with E-state index < -0.39 is 13.7 Å². The van der Waals surface area contributed by atoms with Crippen molar-refractivity contribution in [1.82, 2.24) is 20.2 Å². The molecule has 0 saturated carbocycles. The number of rotatable bonds is 6. The fourth-order valence-electron chi connectivity index (χ4n) is 7.21. The van der Waals surface area contributed by atoms with Gasteiger partial charge >= 0.3 is 0 Å². The second-order valence-corrected chi connectivity index (χ2v) is 14.4. The number of hydrogen-bond donors (Lipinski definition) is 0. The molecule has 0 aliphatic carbocycles. The molecule has 3 heterocycles. The van der Waals surface area contributed by atoms with E-state index >= 15 is 0 Å². The van der Waals surface area contributed by atoms with Gasteiger partial charge in [0.2, 0.25) is 0 Å². The molecule has 3 aromatic heterocycles. The molecule has 0 atom stereocenters. The maximum absolute atomic E-state index is 10.1. The van der Waals surface area contributed by atoms with Crippen molar-refractivity contribution in [2.75, 3.05) is 0 Å². The third-order valence-electron chi connectivity index (χ3n) is 10.0. The molecule has 9 aromatic rings. The summed E-state index contributed by atoms with van der Waals surface area (Å²) < 4.78 is 50.3. The van der Waals surface area contributed by atoms with E-state index in [0.717, 1.165) is 43.9 Å². The molecule has 1 radical (unpaired) electrons. The molecule has 9 rings (SSSR count). The number of nitrogens with zero attached hydrogens (tertiary/aromatic N) is 5. The van der Waals surface area contributed by atoms with Gasteiger partial charge in [0.15, 0.2) is 0 Å². The van der Waals surface area contributed by atoms with Crippen LogP contribution in [0.15, 0.2) is 132 Å². The van der Waals surface area contributed by atoms with Crippen molar-refractivity contribution in [2.45, 2.75) is 53.2 Å². The van der Waals surface area contributed by atoms with E-state index in [1.54, 1.807) is 18.3 Å². The van der Waals surface area contributed by atoms with Crippen LogP contribution in [-0.4, -0.2) is 20.2 Å². The van der Waals surface area contributed by atoms with E-state index in [-0.39, 0.29) is 31.2 Å². The minimum Gasteiger partial charge on any atom is -0.500 e. The first kappa shape index (κ1) is 32.7. The molecule has 7 heteroatoms. The van der Waals surface area contributed by atoms with Gasteiger partial charge in [-0.2, -0.15) is 15.5 Å². The smallest absolute Gasteiger partial charge is 0.130 e. The van der Waals surface area contributed by atoms with Crippen molar-refractivity contribution in [3.63, 3.8) is 0 Å². The fourth-order valence-corrected chi connectivity index (χ4v) is 7.21. The van der Waals surface area contributed by atoms with Crippen LogP contribution in [0.5, 0.6) is 0 Å². The normalized spacial score (nSPS) is 13.1. The summed E-state index contributed by atoms with van der Waals surface area (Å²) in [6.45, 7) is 4.45. The molecule has 0 N–H and O–H groups in total. The number of aryl methyl sites for hydroxylation is 2. The number of hydrogen-bond acceptors (Lipinski definition) is 6. The standard InChI is InChI=1S/C38H29N4O.C13H12N.Ir/c1-22(2)28-11-7-12-29(23(3)4)35(28)33-21-40-42-38(41-33)32-14-8-13-30-31-18-17-27(20-39)34(37(31)43-36(30)32)26-16-15-24-9-5-6-10-25(24)19-26;1-10-3-6-12(7-4-10)13-8-5-11(2)9-14-13;/h5-13,15-19,21-23H,1-4H3;3-6,8-9H,1-2H3;/q2*-1;/i;1D3,2D3;. The van der Waals surface area contributed by atoms with Crippen molar-refractivity contribution in [1.29, 1.82) is 5.26 Å². The molecule has 0 unspecified atom stereocenters. The maximum atomic E-state index is 10.1. The summed E-state index contributed by atoms with van der Waals surface area (Å²) in [5.74, 6) is 1.09. The van der Waals surface area contributed by atoms with Gasteiger partial charge in [-0.3, -0.25) is 4.98 Å². The largest absolute Gasteiger partial charge is 0.500 e. The van der Waals surface area contributed by atoms with Crippen molar-refractivity contribution < 1.29 is 32.7 Å². The maximum Gasteiger partial charge on any atom is 0.130 e. The van der Waals surface area contributed by atoms with Crippen LogP contribution in [-0.2, 0) is 20.1 Å². The minimum atomic E-state index is -2.18. The van der Waals surface area contributed by atoms with Gasteiger partial charge < -0.3 is 9.40 Å². The SMILES string of the molecule is CC(C)c1cccc(C(C)C)c1-c1cnnc(-c2[c-]ccc3c2oc2c(-c4ccc5ccccc5c4)c(C#N)ccc23)n1.[2H]C([2H])([2H])c1c[c-]c(-c2ccc(C([2H])([2H])[2H])cn2)cc1.[Ir]. The van der Waals surface area contributed by atoms with E-state index in [1.165, 1.54) is 35.5 Å². The van der Waals surface area contributed by atoms with Crippen molar-refractivity contribution in [3.05, 3.63) is 168 Å². The first-order chi connectivity index (χ1) is 30.1. The summed E-state index contributed by atoms with van der Waals surface area (Å²) in [7, 11) is 0. The molecular weight excluding hydrogens is 891 g/mol. The Hall–Kier alpha value is -6.32. The van der Waals surface area contributed by atoms with Gasteiger partial charge in [-0.05, 0) is 69.5 Å². The first-order valence-electron chi connectivity index (χ1n) is 21.7. The van der Waals surface area contributed by atoms with Gasteiger partial charge in [0, 0.05) is 51.0 Å². The van der Waals surface area contributed by atoms with E-state index in [9.17, 15) is 5.26 Å². The molecule has 0 saturated heterocycles. The topological polar surface area (TPSA) is 88.5 Å². The second kappa shape index (κ2) is 17.0. The monoisotopic (exact) mass is 938 g/mol. The van der Waals surface area contributed by atoms with Gasteiger partial charge in [0.05, 0.1) is 29.1 Å². The van der Waals surface area contributed by atoms with Gasteiger partial charge in [-0.15, -0.1) is 53.6 Å². The number of furan rings is 1. The van der Waals surface area contributed by atoms with Crippen LogP contribution in [0, 0.1) is 37.2 Å². The van der Waals surface area contributed by atoms with Gasteiger partial charge in [0.25, 0.3) is 0 Å². The van der Waals surface area contributed by atoms with Crippen molar-refractivity contribution in [2.24, 2.45) is 0 Å². The first-order valence-corrected chi connectivity index (χ1v) is 18.7. The van der Waals surface area contributed by atoms with Crippen LogP contribution in [0.4, 0.5) is 0 Å².